The molecule has 0 spiro atoms. The van der Waals surface area contributed by atoms with Gasteiger partial charge in [0.05, 0.1) is 6.07 Å². The molecule has 0 radical (unpaired) electrons. The van der Waals surface area contributed by atoms with Gasteiger partial charge in [0.1, 0.15) is 0 Å². The molecule has 0 aliphatic rings. The third-order valence-electron chi connectivity index (χ3n) is 2.02. The van der Waals surface area contributed by atoms with Crippen molar-refractivity contribution in [3.05, 3.63) is 22.4 Å². The second kappa shape index (κ2) is 7.54. The number of nitriles is 1. The normalized spacial score (nSPS) is 9.93. The Kier molecular flexibility index (Phi) is 6.05. The van der Waals surface area contributed by atoms with E-state index in [-0.39, 0.29) is 0 Å². The molecule has 0 aliphatic heterocycles. The maximum atomic E-state index is 8.32. The zero-order chi connectivity index (χ0) is 10.1. The molecule has 76 valence electrons. The lowest BCUT2D eigenvalue weighted by Gasteiger charge is -2.01. The third-order valence-corrected chi connectivity index (χ3v) is 2.96. The Labute approximate surface area is 89.6 Å². The molecule has 0 unspecified atom stereocenters. The van der Waals surface area contributed by atoms with Crippen molar-refractivity contribution < 1.29 is 0 Å². The molecule has 1 aromatic rings. The first-order valence-electron chi connectivity index (χ1n) is 5.03. The fraction of sp³-hybridized carbons (Fsp3) is 0.545. The van der Waals surface area contributed by atoms with Crippen LogP contribution < -0.4 is 5.32 Å². The van der Waals surface area contributed by atoms with E-state index in [1.54, 1.807) is 0 Å². The summed E-state index contributed by atoms with van der Waals surface area (Å²) in [6.45, 7) is 2.08. The van der Waals surface area contributed by atoms with Crippen molar-refractivity contribution in [2.75, 3.05) is 13.1 Å². The van der Waals surface area contributed by atoms with Crippen LogP contribution in [0.3, 0.4) is 0 Å². The fourth-order valence-electron chi connectivity index (χ4n) is 1.25. The number of nitrogens with zero attached hydrogens (tertiary/aromatic N) is 1. The van der Waals surface area contributed by atoms with Crippen molar-refractivity contribution in [2.24, 2.45) is 0 Å². The lowest BCUT2D eigenvalue weighted by Crippen LogP contribution is -2.18. The fourth-order valence-corrected chi connectivity index (χ4v) is 1.95. The summed E-state index contributed by atoms with van der Waals surface area (Å²) in [5, 5.41) is 13.8. The molecule has 0 aromatic carbocycles. The van der Waals surface area contributed by atoms with Gasteiger partial charge in [-0.15, -0.1) is 11.3 Å². The van der Waals surface area contributed by atoms with Crippen LogP contribution in [0.25, 0.3) is 0 Å². The van der Waals surface area contributed by atoms with Gasteiger partial charge in [-0.1, -0.05) is 6.07 Å². The van der Waals surface area contributed by atoms with Crippen LogP contribution in [0, 0.1) is 11.3 Å². The molecule has 0 amide bonds. The van der Waals surface area contributed by atoms with Crippen LogP contribution in [0.1, 0.15) is 24.1 Å². The predicted molar refractivity (Wildman–Crippen MR) is 60.4 cm³/mol. The number of rotatable bonds is 7. The smallest absolute Gasteiger partial charge is 0.0621 e. The van der Waals surface area contributed by atoms with Crippen molar-refractivity contribution in [1.29, 1.82) is 5.26 Å². The molecule has 1 heterocycles. The molecule has 0 fully saturated rings. The summed E-state index contributed by atoms with van der Waals surface area (Å²) in [4.78, 5) is 1.44. The molecule has 0 atom stereocenters. The maximum absolute atomic E-state index is 8.32. The van der Waals surface area contributed by atoms with E-state index in [1.807, 2.05) is 11.3 Å². The number of nitrogens with one attached hydrogen (secondary N) is 1. The van der Waals surface area contributed by atoms with E-state index in [2.05, 4.69) is 28.9 Å². The number of hydrogen-bond acceptors (Lipinski definition) is 3. The van der Waals surface area contributed by atoms with Crippen molar-refractivity contribution >= 4 is 11.3 Å². The second-order valence-electron chi connectivity index (χ2n) is 3.19. The zero-order valence-electron chi connectivity index (χ0n) is 8.33. The summed E-state index contributed by atoms with van der Waals surface area (Å²) in [5.74, 6) is 0. The minimum Gasteiger partial charge on any atom is -0.316 e. The van der Waals surface area contributed by atoms with Gasteiger partial charge >= 0.3 is 0 Å². The highest BCUT2D eigenvalue weighted by Crippen LogP contribution is 2.07. The average molecular weight is 208 g/mol. The first-order valence-corrected chi connectivity index (χ1v) is 5.91. The van der Waals surface area contributed by atoms with Gasteiger partial charge in [-0.2, -0.15) is 5.26 Å². The Hall–Kier alpha value is -0.850. The quantitative estimate of drug-likeness (QED) is 0.699. The highest BCUT2D eigenvalue weighted by molar-refractivity contribution is 7.09. The second-order valence-corrected chi connectivity index (χ2v) is 4.23. The van der Waals surface area contributed by atoms with Gasteiger partial charge in [-0.3, -0.25) is 0 Å². The molecule has 0 saturated heterocycles. The Morgan fingerprint density at radius 1 is 1.36 bits per heavy atom. The van der Waals surface area contributed by atoms with Crippen LogP contribution in [-0.2, 0) is 6.42 Å². The summed E-state index contributed by atoms with van der Waals surface area (Å²) in [6.07, 6.45) is 3.93. The van der Waals surface area contributed by atoms with Gasteiger partial charge in [-0.25, -0.2) is 0 Å². The Morgan fingerprint density at radius 2 is 2.29 bits per heavy atom. The van der Waals surface area contributed by atoms with Gasteiger partial charge in [0.2, 0.25) is 0 Å². The predicted octanol–water partition coefficient (Wildman–Crippen LogP) is 2.57. The van der Waals surface area contributed by atoms with E-state index in [9.17, 15) is 0 Å². The largest absolute Gasteiger partial charge is 0.316 e. The van der Waals surface area contributed by atoms with Crippen molar-refractivity contribution in [2.45, 2.75) is 25.7 Å². The lowest BCUT2D eigenvalue weighted by molar-refractivity contribution is 0.630. The maximum Gasteiger partial charge on any atom is 0.0621 e. The topological polar surface area (TPSA) is 35.8 Å². The third kappa shape index (κ3) is 5.00. The van der Waals surface area contributed by atoms with Crippen LogP contribution in [0.15, 0.2) is 17.5 Å². The molecular weight excluding hydrogens is 192 g/mol. The van der Waals surface area contributed by atoms with E-state index >= 15 is 0 Å². The van der Waals surface area contributed by atoms with Gasteiger partial charge in [0.15, 0.2) is 0 Å². The molecule has 1 rings (SSSR count). The summed E-state index contributed by atoms with van der Waals surface area (Å²) >= 11 is 1.81. The first kappa shape index (κ1) is 11.2. The molecule has 1 aromatic heterocycles. The van der Waals surface area contributed by atoms with Crippen molar-refractivity contribution in [3.63, 3.8) is 0 Å². The summed E-state index contributed by atoms with van der Waals surface area (Å²) in [5.41, 5.74) is 0. The number of hydrogen-bond donors (Lipinski definition) is 1. The molecular formula is C11H16N2S. The minimum absolute atomic E-state index is 0.687. The molecule has 2 nitrogen and oxygen atoms in total. The van der Waals surface area contributed by atoms with E-state index in [4.69, 9.17) is 5.26 Å². The van der Waals surface area contributed by atoms with Crippen LogP contribution in [0.4, 0.5) is 0 Å². The molecule has 1 N–H and O–H groups in total. The van der Waals surface area contributed by atoms with Gasteiger partial charge in [0, 0.05) is 11.3 Å². The van der Waals surface area contributed by atoms with E-state index in [0.717, 1.165) is 32.4 Å². The number of thiophene rings is 1. The molecule has 0 aliphatic carbocycles. The molecule has 3 heteroatoms. The molecule has 14 heavy (non-hydrogen) atoms. The summed E-state index contributed by atoms with van der Waals surface area (Å²) in [6, 6.07) is 6.41. The minimum atomic E-state index is 0.687. The highest BCUT2D eigenvalue weighted by atomic mass is 32.1. The monoisotopic (exact) mass is 208 g/mol. The van der Waals surface area contributed by atoms with Crippen LogP contribution in [0.2, 0.25) is 0 Å². The lowest BCUT2D eigenvalue weighted by atomic mass is 10.2. The van der Waals surface area contributed by atoms with E-state index < -0.39 is 0 Å². The van der Waals surface area contributed by atoms with Gasteiger partial charge < -0.3 is 5.32 Å². The van der Waals surface area contributed by atoms with E-state index in [0.29, 0.717) is 6.42 Å². The molecule has 0 bridgehead atoms. The Balaban J connectivity index is 1.88. The Morgan fingerprint density at radius 3 is 3.00 bits per heavy atom. The zero-order valence-corrected chi connectivity index (χ0v) is 9.15. The average Bonchev–Trinajstić information content (AvgIpc) is 2.69. The van der Waals surface area contributed by atoms with Gasteiger partial charge in [-0.05, 0) is 43.8 Å². The molecule has 0 saturated carbocycles. The van der Waals surface area contributed by atoms with Crippen LogP contribution in [-0.4, -0.2) is 13.1 Å². The van der Waals surface area contributed by atoms with E-state index in [1.165, 1.54) is 4.88 Å². The van der Waals surface area contributed by atoms with Crippen molar-refractivity contribution in [3.8, 4) is 6.07 Å². The summed E-state index contributed by atoms with van der Waals surface area (Å²) in [7, 11) is 0. The Bertz CT molecular complexity index is 261. The van der Waals surface area contributed by atoms with Gasteiger partial charge in [0.25, 0.3) is 0 Å². The van der Waals surface area contributed by atoms with Crippen LogP contribution in [0.5, 0.6) is 0 Å². The SMILES string of the molecule is N#CCCCCNCCc1cccs1. The standard InChI is InChI=1S/C11H16N2S/c12-7-2-1-3-8-13-9-6-11-5-4-10-14-11/h4-5,10,13H,1-3,6,8-9H2. The summed E-state index contributed by atoms with van der Waals surface area (Å²) < 4.78 is 0. The highest BCUT2D eigenvalue weighted by Gasteiger charge is 1.92. The first-order chi connectivity index (χ1) is 6.93. The number of unbranched alkanes of at least 4 members (excludes halogenated alkanes) is 2. The van der Waals surface area contributed by atoms with Crippen molar-refractivity contribution in [1.82, 2.24) is 5.32 Å². The van der Waals surface area contributed by atoms with Crippen LogP contribution >= 0.6 is 11.3 Å².